The Morgan fingerprint density at radius 2 is 1.67 bits per heavy atom. The molecule has 0 aromatic heterocycles. The highest BCUT2D eigenvalue weighted by atomic mass is 35.5. The molecule has 0 N–H and O–H groups in total. The first-order chi connectivity index (χ1) is 8.53. The summed E-state index contributed by atoms with van der Waals surface area (Å²) >= 11 is 5.85. The molecule has 0 radical (unpaired) electrons. The molecule has 0 saturated carbocycles. The van der Waals surface area contributed by atoms with Crippen molar-refractivity contribution in [3.63, 3.8) is 0 Å². The van der Waals surface area contributed by atoms with Gasteiger partial charge < -0.3 is 4.90 Å². The van der Waals surface area contributed by atoms with Crippen molar-refractivity contribution in [3.05, 3.63) is 29.3 Å². The number of benzene rings is 1. The van der Waals surface area contributed by atoms with E-state index in [1.165, 1.54) is 0 Å². The first kappa shape index (κ1) is 13.6. The van der Waals surface area contributed by atoms with E-state index in [-0.39, 0.29) is 5.75 Å². The van der Waals surface area contributed by atoms with Gasteiger partial charge in [-0.25, -0.2) is 8.42 Å². The summed E-state index contributed by atoms with van der Waals surface area (Å²) < 4.78 is 25.0. The lowest BCUT2D eigenvalue weighted by Crippen LogP contribution is -2.49. The second-order valence-corrected chi connectivity index (χ2v) is 6.96. The van der Waals surface area contributed by atoms with Crippen LogP contribution in [0.3, 0.4) is 0 Å². The predicted molar refractivity (Wildman–Crippen MR) is 74.7 cm³/mol. The third-order valence-corrected chi connectivity index (χ3v) is 5.32. The third kappa shape index (κ3) is 2.96. The fourth-order valence-electron chi connectivity index (χ4n) is 2.06. The average Bonchev–Trinajstić information content (AvgIpc) is 2.40. The normalized spacial score (nSPS) is 18.0. The van der Waals surface area contributed by atoms with Crippen LogP contribution in [0.5, 0.6) is 0 Å². The van der Waals surface area contributed by atoms with Crippen LogP contribution in [0.1, 0.15) is 6.92 Å². The number of sulfonamides is 1. The van der Waals surface area contributed by atoms with Gasteiger partial charge in [0.05, 0.1) is 5.75 Å². The lowest BCUT2D eigenvalue weighted by atomic mass is 10.2. The standard InChI is InChI=1S/C12H17ClN2O2S/c1-2-18(16,17)15-9-7-14(8-10-15)12-5-3-11(13)4-6-12/h3-6H,2,7-10H2,1H3. The monoisotopic (exact) mass is 288 g/mol. The molecule has 6 heteroatoms. The number of halogens is 1. The van der Waals surface area contributed by atoms with Crippen molar-refractivity contribution < 1.29 is 8.42 Å². The lowest BCUT2D eigenvalue weighted by molar-refractivity contribution is 0.385. The van der Waals surface area contributed by atoms with E-state index in [9.17, 15) is 8.42 Å². The summed E-state index contributed by atoms with van der Waals surface area (Å²) in [4.78, 5) is 2.18. The highest BCUT2D eigenvalue weighted by Gasteiger charge is 2.25. The lowest BCUT2D eigenvalue weighted by Gasteiger charge is -2.35. The molecular weight excluding hydrogens is 272 g/mol. The van der Waals surface area contributed by atoms with Gasteiger partial charge in [0.15, 0.2) is 0 Å². The number of hydrogen-bond acceptors (Lipinski definition) is 3. The summed E-state index contributed by atoms with van der Waals surface area (Å²) in [5.74, 6) is 0.175. The van der Waals surface area contributed by atoms with Crippen LogP contribution in [0.2, 0.25) is 5.02 Å². The van der Waals surface area contributed by atoms with E-state index < -0.39 is 10.0 Å². The maximum Gasteiger partial charge on any atom is 0.213 e. The molecule has 0 spiro atoms. The van der Waals surface area contributed by atoms with Gasteiger partial charge in [-0.05, 0) is 31.2 Å². The van der Waals surface area contributed by atoms with Gasteiger partial charge in [-0.2, -0.15) is 4.31 Å². The first-order valence-corrected chi connectivity index (χ1v) is 8.00. The van der Waals surface area contributed by atoms with Gasteiger partial charge in [0.25, 0.3) is 0 Å². The Morgan fingerprint density at radius 3 is 2.17 bits per heavy atom. The molecule has 0 atom stereocenters. The van der Waals surface area contributed by atoms with Crippen LogP contribution in [0.4, 0.5) is 5.69 Å². The molecule has 100 valence electrons. The Morgan fingerprint density at radius 1 is 1.11 bits per heavy atom. The number of nitrogens with zero attached hydrogens (tertiary/aromatic N) is 2. The van der Waals surface area contributed by atoms with Gasteiger partial charge in [0, 0.05) is 36.9 Å². The summed E-state index contributed by atoms with van der Waals surface area (Å²) in [7, 11) is -3.05. The van der Waals surface area contributed by atoms with E-state index in [1.54, 1.807) is 11.2 Å². The summed E-state index contributed by atoms with van der Waals surface area (Å²) in [5, 5.41) is 0.714. The number of hydrogen-bond donors (Lipinski definition) is 0. The van der Waals surface area contributed by atoms with Crippen LogP contribution in [-0.4, -0.2) is 44.7 Å². The molecule has 1 heterocycles. The Hall–Kier alpha value is -0.780. The number of anilines is 1. The van der Waals surface area contributed by atoms with Crippen molar-refractivity contribution in [1.29, 1.82) is 0 Å². The second kappa shape index (κ2) is 5.47. The fourth-order valence-corrected chi connectivity index (χ4v) is 3.27. The van der Waals surface area contributed by atoms with E-state index in [0.717, 1.165) is 18.8 Å². The number of rotatable bonds is 3. The van der Waals surface area contributed by atoms with Gasteiger partial charge >= 0.3 is 0 Å². The molecule has 4 nitrogen and oxygen atoms in total. The zero-order valence-electron chi connectivity index (χ0n) is 10.3. The van der Waals surface area contributed by atoms with E-state index in [4.69, 9.17) is 11.6 Å². The average molecular weight is 289 g/mol. The smallest absolute Gasteiger partial charge is 0.213 e. The molecule has 1 aliphatic heterocycles. The summed E-state index contributed by atoms with van der Waals surface area (Å²) in [5.41, 5.74) is 1.09. The van der Waals surface area contributed by atoms with Crippen molar-refractivity contribution in [1.82, 2.24) is 4.31 Å². The van der Waals surface area contributed by atoms with Crippen molar-refractivity contribution in [2.45, 2.75) is 6.92 Å². The molecule has 0 bridgehead atoms. The highest BCUT2D eigenvalue weighted by Crippen LogP contribution is 2.20. The molecule has 0 aliphatic carbocycles. The first-order valence-electron chi connectivity index (χ1n) is 6.01. The third-order valence-electron chi connectivity index (χ3n) is 3.19. The minimum Gasteiger partial charge on any atom is -0.369 e. The molecular formula is C12H17ClN2O2S. The molecule has 1 aliphatic rings. The second-order valence-electron chi connectivity index (χ2n) is 4.26. The van der Waals surface area contributed by atoms with Crippen molar-refractivity contribution in [3.8, 4) is 0 Å². The maximum atomic E-state index is 11.7. The van der Waals surface area contributed by atoms with Gasteiger partial charge in [0.1, 0.15) is 0 Å². The van der Waals surface area contributed by atoms with Crippen molar-refractivity contribution in [2.75, 3.05) is 36.8 Å². The van der Waals surface area contributed by atoms with Crippen LogP contribution < -0.4 is 4.90 Å². The zero-order valence-corrected chi connectivity index (χ0v) is 11.9. The molecule has 1 fully saturated rings. The Kier molecular flexibility index (Phi) is 4.14. The molecule has 1 aromatic rings. The zero-order chi connectivity index (χ0) is 13.2. The molecule has 1 saturated heterocycles. The largest absolute Gasteiger partial charge is 0.369 e. The molecule has 18 heavy (non-hydrogen) atoms. The summed E-state index contributed by atoms with van der Waals surface area (Å²) in [6.45, 7) is 4.24. The quantitative estimate of drug-likeness (QED) is 0.852. The van der Waals surface area contributed by atoms with Crippen molar-refractivity contribution >= 4 is 27.3 Å². The molecule has 0 amide bonds. The topological polar surface area (TPSA) is 40.6 Å². The van der Waals surface area contributed by atoms with Gasteiger partial charge in [0.2, 0.25) is 10.0 Å². The SMILES string of the molecule is CCS(=O)(=O)N1CCN(c2ccc(Cl)cc2)CC1. The van der Waals surface area contributed by atoms with Crippen LogP contribution >= 0.6 is 11.6 Å². The van der Waals surface area contributed by atoms with E-state index in [1.807, 2.05) is 24.3 Å². The molecule has 1 aromatic carbocycles. The van der Waals surface area contributed by atoms with Gasteiger partial charge in [-0.15, -0.1) is 0 Å². The van der Waals surface area contributed by atoms with Gasteiger partial charge in [-0.3, -0.25) is 0 Å². The van der Waals surface area contributed by atoms with E-state index >= 15 is 0 Å². The maximum absolute atomic E-state index is 11.7. The fraction of sp³-hybridized carbons (Fsp3) is 0.500. The summed E-state index contributed by atoms with van der Waals surface area (Å²) in [6, 6.07) is 7.64. The Labute approximate surface area is 113 Å². The van der Waals surface area contributed by atoms with Crippen molar-refractivity contribution in [2.24, 2.45) is 0 Å². The predicted octanol–water partition coefficient (Wildman–Crippen LogP) is 1.81. The van der Waals surface area contributed by atoms with Gasteiger partial charge in [-0.1, -0.05) is 11.6 Å². The highest BCUT2D eigenvalue weighted by molar-refractivity contribution is 7.89. The minimum absolute atomic E-state index is 0.175. The van der Waals surface area contributed by atoms with E-state index in [2.05, 4.69) is 4.90 Å². The van der Waals surface area contributed by atoms with E-state index in [0.29, 0.717) is 18.1 Å². The Balaban J connectivity index is 2.01. The number of piperazine rings is 1. The van der Waals surface area contributed by atoms with Crippen LogP contribution in [0.15, 0.2) is 24.3 Å². The molecule has 2 rings (SSSR count). The summed E-state index contributed by atoms with van der Waals surface area (Å²) in [6.07, 6.45) is 0. The minimum atomic E-state index is -3.05. The van der Waals surface area contributed by atoms with Crippen LogP contribution in [0.25, 0.3) is 0 Å². The Bertz CT molecular complexity index is 493. The van der Waals surface area contributed by atoms with Crippen LogP contribution in [0, 0.1) is 0 Å². The van der Waals surface area contributed by atoms with Crippen LogP contribution in [-0.2, 0) is 10.0 Å². The molecule has 0 unspecified atom stereocenters.